The molecule has 0 rings (SSSR count). The van der Waals surface area contributed by atoms with Crippen molar-refractivity contribution in [1.29, 1.82) is 0 Å². The zero-order valence-electron chi connectivity index (χ0n) is 86.5. The van der Waals surface area contributed by atoms with Crippen LogP contribution in [0.4, 0.5) is 0 Å². The van der Waals surface area contributed by atoms with E-state index >= 15 is 0 Å². The average Bonchev–Trinajstić information content (AvgIpc) is 1.45. The predicted molar refractivity (Wildman–Crippen MR) is 511 cm³/mol. The van der Waals surface area contributed by atoms with E-state index in [0.717, 1.165) is 131 Å². The summed E-state index contributed by atoms with van der Waals surface area (Å²) < 4.78 is 6.86. The number of quaternary nitrogens is 10. The highest BCUT2D eigenvalue weighted by Crippen LogP contribution is 2.16. The highest BCUT2D eigenvalue weighted by atomic mass is 16.3. The van der Waals surface area contributed by atoms with Gasteiger partial charge in [-0.2, -0.15) is 0 Å². The van der Waals surface area contributed by atoms with Crippen LogP contribution >= 0.6 is 0 Å². The normalized spacial score (nSPS) is 16.5. The number of aliphatic hydroxyl groups excluding tert-OH is 10. The van der Waals surface area contributed by atoms with Gasteiger partial charge in [0.15, 0.2) is 0 Å². The fraction of sp³-hybridized carbons (Fsp3) is 1.00. The molecular weight excluding hydrogens is 1550 g/mol. The third-order valence-electron chi connectivity index (χ3n) is 27.6. The summed E-state index contributed by atoms with van der Waals surface area (Å²) in [6.07, 6.45) is -4.94. The first-order chi connectivity index (χ1) is 56.2. The van der Waals surface area contributed by atoms with Crippen LogP contribution in [0.3, 0.4) is 0 Å². The minimum absolute atomic E-state index is 0.422. The summed E-state index contributed by atoms with van der Waals surface area (Å²) in [7, 11) is 45.5. The van der Waals surface area contributed by atoms with Crippen LogP contribution in [-0.2, 0) is 0 Å². The number of rotatable bonds is 79. The molecule has 122 heavy (non-hydrogen) atoms. The van der Waals surface area contributed by atoms with Gasteiger partial charge >= 0.3 is 0 Å². The highest BCUT2D eigenvalue weighted by molar-refractivity contribution is 4.81. The van der Waals surface area contributed by atoms with Crippen LogP contribution in [0.5, 0.6) is 0 Å². The van der Waals surface area contributed by atoms with E-state index in [-0.39, 0.29) is 0 Å². The lowest BCUT2D eigenvalue weighted by Crippen LogP contribution is -2.54. The van der Waals surface area contributed by atoms with Crippen molar-refractivity contribution < 1.29 is 95.9 Å². The van der Waals surface area contributed by atoms with Gasteiger partial charge in [-0.25, -0.2) is 0 Å². The Morgan fingerprint density at radius 3 is 0.393 bits per heavy atom. The van der Waals surface area contributed by atoms with E-state index in [1.54, 1.807) is 0 Å². The van der Waals surface area contributed by atoms with Crippen molar-refractivity contribution in [1.82, 2.24) is 49.0 Å². The first-order valence-corrected chi connectivity index (χ1v) is 48.4. The Morgan fingerprint density at radius 1 is 0.156 bits per heavy atom. The fourth-order valence-corrected chi connectivity index (χ4v) is 16.2. The minimum Gasteiger partial charge on any atom is -0.386 e. The van der Waals surface area contributed by atoms with Crippen molar-refractivity contribution in [3.63, 3.8) is 0 Å². The molecular formula is C92H216N20O10+10. The van der Waals surface area contributed by atoms with Gasteiger partial charge in [-0.15, -0.1) is 0 Å². The van der Waals surface area contributed by atoms with Gasteiger partial charge in [0.2, 0.25) is 0 Å². The van der Waals surface area contributed by atoms with E-state index in [1.807, 2.05) is 0 Å². The molecule has 30 heteroatoms. The summed E-state index contributed by atoms with van der Waals surface area (Å²) in [5, 5.41) is 119. The first-order valence-electron chi connectivity index (χ1n) is 48.4. The molecule has 10 atom stereocenters. The summed E-state index contributed by atoms with van der Waals surface area (Å²) in [6, 6.07) is 0. The molecule has 0 saturated carbocycles. The van der Waals surface area contributed by atoms with E-state index in [9.17, 15) is 51.1 Å². The van der Waals surface area contributed by atoms with E-state index in [1.165, 1.54) is 0 Å². The van der Waals surface area contributed by atoms with Crippen LogP contribution in [-0.4, -0.2) is 675 Å². The molecule has 734 valence electrons. The molecule has 0 aliphatic carbocycles. The molecule has 10 N–H and O–H groups in total. The van der Waals surface area contributed by atoms with E-state index in [4.69, 9.17) is 0 Å². The first kappa shape index (κ1) is 121. The smallest absolute Gasteiger partial charge is 0.115 e. The molecule has 0 aliphatic heterocycles. The Morgan fingerprint density at radius 2 is 0.262 bits per heavy atom. The van der Waals surface area contributed by atoms with Gasteiger partial charge in [-0.1, -0.05) is 6.92 Å². The lowest BCUT2D eigenvalue weighted by molar-refractivity contribution is -0.891. The van der Waals surface area contributed by atoms with Gasteiger partial charge in [0.1, 0.15) is 126 Å². The molecule has 0 fully saturated rings. The second kappa shape index (κ2) is 59.3. The van der Waals surface area contributed by atoms with Crippen LogP contribution in [0.1, 0.15) is 82.6 Å². The third-order valence-corrected chi connectivity index (χ3v) is 27.6. The molecule has 10 unspecified atom stereocenters. The highest BCUT2D eigenvalue weighted by Gasteiger charge is 2.34. The maximum Gasteiger partial charge on any atom is 0.115 e. The van der Waals surface area contributed by atoms with Gasteiger partial charge in [0, 0.05) is 183 Å². The number of hydrogen-bond acceptors (Lipinski definition) is 20. The SMILES string of the molecule is CCCN(CCN(CCN(CCN(C)CCN(CCN(CC(O)C[N+](C)(C)CC)CC(O)C[N+](C)(C)CC)CCN(CC(O)C[N+](C)(C)CC)CC(O)C[N+](C)(C)CC)CCN(CCN(CC(O)C[N+](C)(C)CC)CC(O)C[N+](C)(C)CC)CC(O)C[N+](C)(C)CC)CC(O)C[N+](C)(C)CC)CCN(CC(O)C[N+](C)(C)CC)CC(O)C[N+](C)(C)CC. The lowest BCUT2D eigenvalue weighted by atomic mass is 10.2. The summed E-state index contributed by atoms with van der Waals surface area (Å²) in [6.45, 7) is 56.7. The van der Waals surface area contributed by atoms with Gasteiger partial charge < -0.3 is 106 Å². The summed E-state index contributed by atoms with van der Waals surface area (Å²) in [5.41, 5.74) is 0. The largest absolute Gasteiger partial charge is 0.386 e. The second-order valence-corrected chi connectivity index (χ2v) is 44.4. The monoisotopic (exact) mass is 1760 g/mol. The quantitative estimate of drug-likeness (QED) is 0.0316. The van der Waals surface area contributed by atoms with Gasteiger partial charge in [0.25, 0.3) is 0 Å². The third kappa shape index (κ3) is 59.3. The Labute approximate surface area is 753 Å². The number of nitrogens with zero attached hydrogens (tertiary/aromatic N) is 20. The molecule has 0 radical (unpaired) electrons. The Balaban J connectivity index is 8.51. The van der Waals surface area contributed by atoms with Gasteiger partial charge in [-0.05, 0) is 89.3 Å². The minimum atomic E-state index is -0.609. The van der Waals surface area contributed by atoms with Crippen molar-refractivity contribution in [2.75, 3.05) is 469 Å². The molecule has 0 heterocycles. The molecule has 0 aromatic heterocycles. The lowest BCUT2D eigenvalue weighted by Gasteiger charge is -2.37. The maximum absolute atomic E-state index is 12.3. The molecule has 0 amide bonds. The second-order valence-electron chi connectivity index (χ2n) is 44.4. The summed E-state index contributed by atoms with van der Waals surface area (Å²) >= 11 is 0. The Kier molecular flexibility index (Phi) is 58.8. The van der Waals surface area contributed by atoms with E-state index in [0.29, 0.717) is 241 Å². The predicted octanol–water partition coefficient (Wildman–Crippen LogP) is -1.38. The maximum atomic E-state index is 12.3. The zero-order valence-corrected chi connectivity index (χ0v) is 86.5. The summed E-state index contributed by atoms with van der Waals surface area (Å²) in [4.78, 5) is 24.1. The molecule has 0 aliphatic rings. The molecule has 0 aromatic carbocycles. The fourth-order valence-electron chi connectivity index (χ4n) is 16.2. The standard InChI is InChI=1S/C92H216N20O10/c1-33-44-94(52-59-99(65-85(115)75-105(17,18)36-4)66-86(116)76-106(19,20)37-5)49-55-97(63-83(113)73-103(13,14)34-2)56-50-95(51-57-98(64-84(114)74-104(15,16)35-3)58-62-102(71-91(121)81-111(29,30)42-10)72-92(122)82-112(31,32)43-11)47-45-93(12)46-48-96(53-60-100(67-87(117)77-107(21,22)38-6)68-88(118)78-108(23,24)39-7)54-61-101(69-89(119)79-109(25,26)40-8)70-90(120)80-110(27,28)41-9/h83-92,113-122H,33-82H2,1-32H3/q+10. The van der Waals surface area contributed by atoms with Crippen molar-refractivity contribution in [2.45, 2.75) is 144 Å². The van der Waals surface area contributed by atoms with Crippen LogP contribution in [0.25, 0.3) is 0 Å². The Hall–Kier alpha value is -1.20. The average molecular weight is 1760 g/mol. The van der Waals surface area contributed by atoms with Crippen molar-refractivity contribution in [3.05, 3.63) is 0 Å². The summed E-state index contributed by atoms with van der Waals surface area (Å²) in [5.74, 6) is 0. The van der Waals surface area contributed by atoms with Crippen molar-refractivity contribution in [2.24, 2.45) is 0 Å². The van der Waals surface area contributed by atoms with Crippen molar-refractivity contribution >= 4 is 0 Å². The van der Waals surface area contributed by atoms with Crippen molar-refractivity contribution in [3.8, 4) is 0 Å². The number of hydrogen-bond donors (Lipinski definition) is 10. The molecule has 0 saturated heterocycles. The molecule has 0 spiro atoms. The Bertz CT molecular complexity index is 2440. The van der Waals surface area contributed by atoms with Crippen LogP contribution in [0, 0.1) is 0 Å². The molecule has 0 bridgehead atoms. The van der Waals surface area contributed by atoms with E-state index < -0.39 is 61.0 Å². The molecule has 30 nitrogen and oxygen atoms in total. The number of aliphatic hydroxyl groups is 10. The van der Waals surface area contributed by atoms with Gasteiger partial charge in [-0.3, -0.25) is 39.2 Å². The molecule has 0 aromatic rings. The number of likely N-dealkylation sites (N-methyl/N-ethyl adjacent to an activating group) is 11. The van der Waals surface area contributed by atoms with Crippen LogP contribution < -0.4 is 0 Å². The van der Waals surface area contributed by atoms with Crippen LogP contribution in [0.2, 0.25) is 0 Å². The van der Waals surface area contributed by atoms with Gasteiger partial charge in [0.05, 0.1) is 206 Å². The van der Waals surface area contributed by atoms with E-state index in [2.05, 4.69) is 273 Å². The topological polar surface area (TPSA) is 235 Å². The zero-order chi connectivity index (χ0) is 93.9. The van der Waals surface area contributed by atoms with Crippen LogP contribution in [0.15, 0.2) is 0 Å².